The van der Waals surface area contributed by atoms with Crippen molar-refractivity contribution in [2.45, 2.75) is 32.8 Å². The fourth-order valence-corrected chi connectivity index (χ4v) is 2.20. The van der Waals surface area contributed by atoms with Crippen LogP contribution in [-0.4, -0.2) is 33.7 Å². The molecule has 0 radical (unpaired) electrons. The molecule has 132 valence electrons. The van der Waals surface area contributed by atoms with Gasteiger partial charge in [0.15, 0.2) is 0 Å². The van der Waals surface area contributed by atoms with Crippen molar-refractivity contribution >= 4 is 17.7 Å². The van der Waals surface area contributed by atoms with Crippen LogP contribution in [0, 0.1) is 0 Å². The third kappa shape index (κ3) is 5.31. The molecule has 0 fully saturated rings. The van der Waals surface area contributed by atoms with Crippen molar-refractivity contribution in [2.24, 2.45) is 0 Å². The summed E-state index contributed by atoms with van der Waals surface area (Å²) in [6, 6.07) is 7.24. The van der Waals surface area contributed by atoms with Gasteiger partial charge in [-0.2, -0.15) is 0 Å². The predicted octanol–water partition coefficient (Wildman–Crippen LogP) is 3.69. The van der Waals surface area contributed by atoms with Crippen LogP contribution in [0.1, 0.15) is 31.1 Å². The van der Waals surface area contributed by atoms with Gasteiger partial charge in [0.05, 0.1) is 6.42 Å². The molecule has 1 aromatic heterocycles. The summed E-state index contributed by atoms with van der Waals surface area (Å²) < 4.78 is 6.87. The molecule has 6 heteroatoms. The van der Waals surface area contributed by atoms with Gasteiger partial charge in [-0.3, -0.25) is 14.3 Å². The number of rotatable bonds is 5. The maximum Gasteiger partial charge on any atom is 0.415 e. The Hall–Kier alpha value is -2.89. The number of benzene rings is 1. The number of ether oxygens (including phenoxy) is 1. The minimum absolute atomic E-state index is 0.0691. The molecule has 2 aromatic rings. The molecule has 0 aliphatic carbocycles. The molecule has 1 aromatic carbocycles. The molecule has 2 rings (SSSR count). The first-order chi connectivity index (χ1) is 11.8. The van der Waals surface area contributed by atoms with Crippen molar-refractivity contribution in [1.82, 2.24) is 9.55 Å². The number of amides is 1. The number of hydrogen-bond acceptors (Lipinski definition) is 4. The molecule has 0 saturated carbocycles. The van der Waals surface area contributed by atoms with Gasteiger partial charge in [-0.05, 0) is 38.5 Å². The molecule has 0 spiro atoms. The van der Waals surface area contributed by atoms with Crippen molar-refractivity contribution < 1.29 is 14.3 Å². The van der Waals surface area contributed by atoms with Crippen molar-refractivity contribution in [2.75, 3.05) is 11.4 Å². The molecule has 1 amide bonds. The van der Waals surface area contributed by atoms with E-state index in [0.29, 0.717) is 12.2 Å². The Morgan fingerprint density at radius 2 is 1.96 bits per heavy atom. The second-order valence-corrected chi connectivity index (χ2v) is 6.59. The molecule has 25 heavy (non-hydrogen) atoms. The summed E-state index contributed by atoms with van der Waals surface area (Å²) >= 11 is 0. The van der Waals surface area contributed by atoms with E-state index in [4.69, 9.17) is 4.74 Å². The van der Waals surface area contributed by atoms with Crippen molar-refractivity contribution in [3.63, 3.8) is 0 Å². The first-order valence-corrected chi connectivity index (χ1v) is 8.01. The van der Waals surface area contributed by atoms with Crippen LogP contribution in [0.3, 0.4) is 0 Å². The average Bonchev–Trinajstić information content (AvgIpc) is 3.06. The van der Waals surface area contributed by atoms with Crippen LogP contribution in [-0.2, 0) is 11.2 Å². The highest BCUT2D eigenvalue weighted by Crippen LogP contribution is 2.19. The summed E-state index contributed by atoms with van der Waals surface area (Å²) in [4.78, 5) is 29.8. The predicted molar refractivity (Wildman–Crippen MR) is 96.8 cm³/mol. The summed E-state index contributed by atoms with van der Waals surface area (Å²) in [7, 11) is 0. The summed E-state index contributed by atoms with van der Waals surface area (Å²) in [5.41, 5.74) is 0.964. The summed E-state index contributed by atoms with van der Waals surface area (Å²) in [5, 5.41) is 0. The lowest BCUT2D eigenvalue weighted by Crippen LogP contribution is -2.37. The highest BCUT2D eigenvalue weighted by atomic mass is 16.6. The molecule has 0 aliphatic heterocycles. The fourth-order valence-electron chi connectivity index (χ4n) is 2.20. The molecular formula is C19H23N3O3. The van der Waals surface area contributed by atoms with Crippen LogP contribution in [0.4, 0.5) is 10.5 Å². The lowest BCUT2D eigenvalue weighted by Gasteiger charge is -2.26. The van der Waals surface area contributed by atoms with Gasteiger partial charge in [-0.1, -0.05) is 18.2 Å². The fraction of sp³-hybridized carbons (Fsp3) is 0.316. The van der Waals surface area contributed by atoms with Crippen LogP contribution in [0.5, 0.6) is 0 Å². The van der Waals surface area contributed by atoms with Crippen LogP contribution in [0.25, 0.3) is 0 Å². The molecule has 0 atom stereocenters. The number of anilines is 1. The first-order valence-electron chi connectivity index (χ1n) is 8.01. The SMILES string of the molecule is C=CCN(C(=O)OC(C)(C)C)c1ccc(CC(=O)n2ccnc2)cc1. The average molecular weight is 341 g/mol. The topological polar surface area (TPSA) is 64.4 Å². The zero-order chi connectivity index (χ0) is 18.4. The zero-order valence-corrected chi connectivity index (χ0v) is 14.8. The van der Waals surface area contributed by atoms with Gasteiger partial charge in [0.25, 0.3) is 0 Å². The standard InChI is InChI=1S/C19H23N3O3/c1-5-11-22(18(24)25-19(2,3)4)16-8-6-15(7-9-16)13-17(23)21-12-10-20-14-21/h5-10,12,14H,1,11,13H2,2-4H3. The summed E-state index contributed by atoms with van der Waals surface area (Å²) in [6.07, 6.45) is 6.12. The third-order valence-corrected chi connectivity index (χ3v) is 3.32. The molecular weight excluding hydrogens is 318 g/mol. The molecule has 6 nitrogen and oxygen atoms in total. The van der Waals surface area contributed by atoms with E-state index < -0.39 is 11.7 Å². The quantitative estimate of drug-likeness (QED) is 0.778. The number of aromatic nitrogens is 2. The Kier molecular flexibility index (Phi) is 5.75. The van der Waals surface area contributed by atoms with Crippen LogP contribution < -0.4 is 4.90 Å². The molecule has 1 heterocycles. The smallest absolute Gasteiger partial charge is 0.415 e. The Balaban J connectivity index is 2.11. The maximum atomic E-state index is 12.4. The van der Waals surface area contributed by atoms with E-state index in [-0.39, 0.29) is 12.3 Å². The van der Waals surface area contributed by atoms with E-state index in [1.165, 1.54) is 15.8 Å². The Morgan fingerprint density at radius 3 is 2.48 bits per heavy atom. The lowest BCUT2D eigenvalue weighted by molar-refractivity contribution is 0.0584. The Labute approximate surface area is 147 Å². The van der Waals surface area contributed by atoms with Crippen LogP contribution in [0.15, 0.2) is 55.6 Å². The number of nitrogens with zero attached hydrogens (tertiary/aromatic N) is 3. The highest BCUT2D eigenvalue weighted by molar-refractivity contribution is 5.88. The van der Waals surface area contributed by atoms with Gasteiger partial charge in [0.1, 0.15) is 11.9 Å². The van der Waals surface area contributed by atoms with E-state index in [1.54, 1.807) is 30.6 Å². The van der Waals surface area contributed by atoms with Crippen LogP contribution in [0.2, 0.25) is 0 Å². The van der Waals surface area contributed by atoms with E-state index in [1.807, 2.05) is 32.9 Å². The van der Waals surface area contributed by atoms with Gasteiger partial charge >= 0.3 is 6.09 Å². The summed E-state index contributed by atoms with van der Waals surface area (Å²) in [6.45, 7) is 9.49. The van der Waals surface area contributed by atoms with Gasteiger partial charge in [-0.15, -0.1) is 6.58 Å². The third-order valence-electron chi connectivity index (χ3n) is 3.32. The number of imidazole rings is 1. The minimum atomic E-state index is -0.576. The van der Waals surface area contributed by atoms with Gasteiger partial charge in [0.2, 0.25) is 5.91 Å². The Bertz CT molecular complexity index is 728. The monoisotopic (exact) mass is 341 g/mol. The zero-order valence-electron chi connectivity index (χ0n) is 14.8. The number of carbonyl (C=O) groups is 2. The Morgan fingerprint density at radius 1 is 1.28 bits per heavy atom. The normalized spacial score (nSPS) is 11.0. The first kappa shape index (κ1) is 18.4. The number of carbonyl (C=O) groups excluding carboxylic acids is 2. The summed E-state index contributed by atoms with van der Waals surface area (Å²) in [5.74, 6) is -0.0691. The van der Waals surface area contributed by atoms with E-state index >= 15 is 0 Å². The van der Waals surface area contributed by atoms with Crippen LogP contribution >= 0.6 is 0 Å². The lowest BCUT2D eigenvalue weighted by atomic mass is 10.1. The van der Waals surface area contributed by atoms with Gasteiger partial charge in [0, 0.05) is 24.6 Å². The van der Waals surface area contributed by atoms with E-state index in [9.17, 15) is 9.59 Å². The minimum Gasteiger partial charge on any atom is -0.443 e. The second-order valence-electron chi connectivity index (χ2n) is 6.59. The van der Waals surface area contributed by atoms with Crippen molar-refractivity contribution in [1.29, 1.82) is 0 Å². The highest BCUT2D eigenvalue weighted by Gasteiger charge is 2.22. The van der Waals surface area contributed by atoms with E-state index in [0.717, 1.165) is 5.56 Å². The molecule has 0 saturated heterocycles. The molecule has 0 unspecified atom stereocenters. The van der Waals surface area contributed by atoms with Crippen molar-refractivity contribution in [3.05, 3.63) is 61.2 Å². The molecule has 0 bridgehead atoms. The molecule has 0 aliphatic rings. The van der Waals surface area contributed by atoms with Crippen molar-refractivity contribution in [3.8, 4) is 0 Å². The van der Waals surface area contributed by atoms with E-state index in [2.05, 4.69) is 11.6 Å². The van der Waals surface area contributed by atoms with Gasteiger partial charge < -0.3 is 4.74 Å². The number of hydrogen-bond donors (Lipinski definition) is 0. The second kappa shape index (κ2) is 7.79. The maximum absolute atomic E-state index is 12.4. The molecule has 0 N–H and O–H groups in total. The largest absolute Gasteiger partial charge is 0.443 e. The van der Waals surface area contributed by atoms with Gasteiger partial charge in [-0.25, -0.2) is 9.78 Å².